The number of hydrogen-bond acceptors (Lipinski definition) is 4. The van der Waals surface area contributed by atoms with E-state index in [4.69, 9.17) is 9.47 Å². The number of hydrogen-bond donors (Lipinski definition) is 1. The Labute approximate surface area is 174 Å². The minimum absolute atomic E-state index is 0.758. The van der Waals surface area contributed by atoms with Gasteiger partial charge in [0.2, 0.25) is 0 Å². The Balaban J connectivity index is 1.45. The summed E-state index contributed by atoms with van der Waals surface area (Å²) in [5.41, 5.74) is 2.58. The van der Waals surface area contributed by atoms with Crippen LogP contribution < -0.4 is 14.8 Å². The summed E-state index contributed by atoms with van der Waals surface area (Å²) in [6.45, 7) is 5.91. The van der Waals surface area contributed by atoms with Crippen LogP contribution in [0.15, 0.2) is 53.5 Å². The van der Waals surface area contributed by atoms with E-state index in [0.29, 0.717) is 0 Å². The molecule has 0 aromatic heterocycles. The Kier molecular flexibility index (Phi) is 7.76. The fourth-order valence-corrected chi connectivity index (χ4v) is 3.65. The normalized spacial score (nSPS) is 15.3. The quantitative estimate of drug-likeness (QED) is 0.576. The molecule has 1 saturated heterocycles. The highest BCUT2D eigenvalue weighted by Crippen LogP contribution is 2.27. The zero-order valence-electron chi connectivity index (χ0n) is 17.7. The fraction of sp³-hybridized carbons (Fsp3) is 0.435. The van der Waals surface area contributed by atoms with Crippen molar-refractivity contribution in [3.05, 3.63) is 59.7 Å². The monoisotopic (exact) mass is 396 g/mol. The number of aliphatic imine (C=N–C) groups is 1. The molecule has 0 radical (unpaired) electrons. The van der Waals surface area contributed by atoms with Crippen LogP contribution in [0.5, 0.6) is 11.5 Å². The summed E-state index contributed by atoms with van der Waals surface area (Å²) < 4.78 is 10.7. The third-order valence-corrected chi connectivity index (χ3v) is 5.28. The molecular weight excluding hydrogens is 364 g/mol. The van der Waals surface area contributed by atoms with Crippen molar-refractivity contribution in [1.29, 1.82) is 0 Å². The molecule has 1 N–H and O–H groups in total. The SMILES string of the molecule is CN=C(NCCc1ccc(OC)c(OC)c1)N1CCN(Cc2ccccc2)CC1. The van der Waals surface area contributed by atoms with E-state index >= 15 is 0 Å². The fourth-order valence-electron chi connectivity index (χ4n) is 3.65. The number of nitrogens with one attached hydrogen (secondary N) is 1. The van der Waals surface area contributed by atoms with Crippen LogP contribution in [-0.4, -0.2) is 69.8 Å². The first-order chi connectivity index (χ1) is 14.2. The van der Waals surface area contributed by atoms with Crippen LogP contribution in [0.2, 0.25) is 0 Å². The van der Waals surface area contributed by atoms with E-state index < -0.39 is 0 Å². The third kappa shape index (κ3) is 5.87. The summed E-state index contributed by atoms with van der Waals surface area (Å²) in [5.74, 6) is 2.50. The highest BCUT2D eigenvalue weighted by molar-refractivity contribution is 5.80. The zero-order valence-corrected chi connectivity index (χ0v) is 17.7. The average molecular weight is 397 g/mol. The lowest BCUT2D eigenvalue weighted by molar-refractivity contribution is 0.172. The molecule has 0 spiro atoms. The Hall–Kier alpha value is -2.73. The molecule has 1 aliphatic heterocycles. The number of guanidine groups is 1. The van der Waals surface area contributed by atoms with Crippen LogP contribution in [0.25, 0.3) is 0 Å². The predicted molar refractivity (Wildman–Crippen MR) is 118 cm³/mol. The van der Waals surface area contributed by atoms with Crippen LogP contribution >= 0.6 is 0 Å². The third-order valence-electron chi connectivity index (χ3n) is 5.28. The lowest BCUT2D eigenvalue weighted by Gasteiger charge is -2.36. The predicted octanol–water partition coefficient (Wildman–Crippen LogP) is 2.64. The Morgan fingerprint density at radius 2 is 1.66 bits per heavy atom. The topological polar surface area (TPSA) is 49.3 Å². The highest BCUT2D eigenvalue weighted by atomic mass is 16.5. The number of nitrogens with zero attached hydrogens (tertiary/aromatic N) is 3. The molecule has 1 fully saturated rings. The molecule has 1 heterocycles. The van der Waals surface area contributed by atoms with E-state index in [0.717, 1.165) is 63.1 Å². The van der Waals surface area contributed by atoms with Gasteiger partial charge in [0.1, 0.15) is 0 Å². The van der Waals surface area contributed by atoms with E-state index in [2.05, 4.69) is 56.5 Å². The number of benzene rings is 2. The van der Waals surface area contributed by atoms with Gasteiger partial charge in [0.25, 0.3) is 0 Å². The summed E-state index contributed by atoms with van der Waals surface area (Å²) in [6.07, 6.45) is 0.896. The molecule has 2 aromatic carbocycles. The van der Waals surface area contributed by atoms with Crippen LogP contribution in [0.4, 0.5) is 0 Å². The molecule has 0 saturated carbocycles. The van der Waals surface area contributed by atoms with Gasteiger partial charge in [0.15, 0.2) is 17.5 Å². The van der Waals surface area contributed by atoms with Gasteiger partial charge in [0.05, 0.1) is 14.2 Å². The molecule has 1 aliphatic rings. The van der Waals surface area contributed by atoms with Crippen molar-refractivity contribution in [3.63, 3.8) is 0 Å². The first-order valence-electron chi connectivity index (χ1n) is 10.2. The Morgan fingerprint density at radius 1 is 0.931 bits per heavy atom. The number of rotatable bonds is 7. The maximum absolute atomic E-state index is 5.39. The molecular formula is C23H32N4O2. The number of ether oxygens (including phenoxy) is 2. The van der Waals surface area contributed by atoms with Gasteiger partial charge < -0.3 is 19.7 Å². The molecule has 0 amide bonds. The Bertz CT molecular complexity index is 787. The van der Waals surface area contributed by atoms with Crippen LogP contribution in [0.1, 0.15) is 11.1 Å². The molecule has 29 heavy (non-hydrogen) atoms. The van der Waals surface area contributed by atoms with E-state index in [-0.39, 0.29) is 0 Å². The summed E-state index contributed by atoms with van der Waals surface area (Å²) >= 11 is 0. The highest BCUT2D eigenvalue weighted by Gasteiger charge is 2.19. The first-order valence-corrected chi connectivity index (χ1v) is 10.2. The van der Waals surface area contributed by atoms with E-state index in [1.54, 1.807) is 14.2 Å². The molecule has 3 rings (SSSR count). The van der Waals surface area contributed by atoms with E-state index in [9.17, 15) is 0 Å². The molecule has 0 bridgehead atoms. The van der Waals surface area contributed by atoms with Gasteiger partial charge in [-0.2, -0.15) is 0 Å². The molecule has 6 heteroatoms. The van der Waals surface area contributed by atoms with Crippen molar-refractivity contribution in [2.45, 2.75) is 13.0 Å². The van der Waals surface area contributed by atoms with Crippen LogP contribution in [0, 0.1) is 0 Å². The average Bonchev–Trinajstić information content (AvgIpc) is 2.78. The molecule has 6 nitrogen and oxygen atoms in total. The lowest BCUT2D eigenvalue weighted by Crippen LogP contribution is -2.52. The standard InChI is InChI=1S/C23H32N4O2/c1-24-23(25-12-11-19-9-10-21(28-2)22(17-19)29-3)27-15-13-26(14-16-27)18-20-7-5-4-6-8-20/h4-10,17H,11-16,18H2,1-3H3,(H,24,25). The smallest absolute Gasteiger partial charge is 0.193 e. The van der Waals surface area contributed by atoms with Crippen molar-refractivity contribution in [2.24, 2.45) is 4.99 Å². The summed E-state index contributed by atoms with van der Waals surface area (Å²) in [7, 11) is 5.18. The molecule has 2 aromatic rings. The second kappa shape index (κ2) is 10.7. The molecule has 0 atom stereocenters. The van der Waals surface area contributed by atoms with Crippen LogP contribution in [-0.2, 0) is 13.0 Å². The van der Waals surface area contributed by atoms with Crippen LogP contribution in [0.3, 0.4) is 0 Å². The van der Waals surface area contributed by atoms with Crippen molar-refractivity contribution >= 4 is 5.96 Å². The van der Waals surface area contributed by atoms with Crippen molar-refractivity contribution in [3.8, 4) is 11.5 Å². The second-order valence-corrected chi connectivity index (χ2v) is 7.16. The van der Waals surface area contributed by atoms with Crippen molar-refractivity contribution in [1.82, 2.24) is 15.1 Å². The summed E-state index contributed by atoms with van der Waals surface area (Å²) in [5, 5.41) is 3.50. The minimum atomic E-state index is 0.758. The molecule has 0 aliphatic carbocycles. The van der Waals surface area contributed by atoms with Crippen molar-refractivity contribution in [2.75, 3.05) is 54.0 Å². The second-order valence-electron chi connectivity index (χ2n) is 7.16. The Morgan fingerprint density at radius 3 is 2.31 bits per heavy atom. The van der Waals surface area contributed by atoms with Gasteiger partial charge in [0, 0.05) is 46.3 Å². The van der Waals surface area contributed by atoms with Gasteiger partial charge in [-0.25, -0.2) is 0 Å². The van der Waals surface area contributed by atoms with Gasteiger partial charge in [-0.15, -0.1) is 0 Å². The molecule has 0 unspecified atom stereocenters. The number of methoxy groups -OCH3 is 2. The number of piperazine rings is 1. The minimum Gasteiger partial charge on any atom is -0.493 e. The zero-order chi connectivity index (χ0) is 20.5. The largest absolute Gasteiger partial charge is 0.493 e. The van der Waals surface area contributed by atoms with Gasteiger partial charge >= 0.3 is 0 Å². The maximum Gasteiger partial charge on any atom is 0.193 e. The lowest BCUT2D eigenvalue weighted by atomic mass is 10.1. The summed E-state index contributed by atoms with van der Waals surface area (Å²) in [6, 6.07) is 16.7. The van der Waals surface area contributed by atoms with Crippen molar-refractivity contribution < 1.29 is 9.47 Å². The summed E-state index contributed by atoms with van der Waals surface area (Å²) in [4.78, 5) is 9.33. The van der Waals surface area contributed by atoms with Gasteiger partial charge in [-0.3, -0.25) is 9.89 Å². The molecule has 156 valence electrons. The van der Waals surface area contributed by atoms with E-state index in [1.165, 1.54) is 11.1 Å². The van der Waals surface area contributed by atoms with Gasteiger partial charge in [-0.05, 0) is 29.7 Å². The van der Waals surface area contributed by atoms with Gasteiger partial charge in [-0.1, -0.05) is 36.4 Å². The maximum atomic E-state index is 5.39. The van der Waals surface area contributed by atoms with E-state index in [1.807, 2.05) is 19.2 Å². The first kappa shape index (κ1) is 21.0.